The first-order chi connectivity index (χ1) is 8.93. The Morgan fingerprint density at radius 3 is 2.58 bits per heavy atom. The van der Waals surface area contributed by atoms with Gasteiger partial charge in [0.25, 0.3) is 0 Å². The number of hydrogen-bond acceptors (Lipinski definition) is 4. The Morgan fingerprint density at radius 2 is 2.05 bits per heavy atom. The van der Waals surface area contributed by atoms with Crippen LogP contribution in [0.25, 0.3) is 0 Å². The van der Waals surface area contributed by atoms with Gasteiger partial charge >= 0.3 is 0 Å². The highest BCUT2D eigenvalue weighted by molar-refractivity contribution is 5.87. The molecule has 5 nitrogen and oxygen atoms in total. The van der Waals surface area contributed by atoms with Crippen molar-refractivity contribution < 1.29 is 14.3 Å². The number of carbonyl (C=O) groups excluding carboxylic acids is 2. The van der Waals surface area contributed by atoms with Crippen LogP contribution >= 0.6 is 0 Å². The number of benzene rings is 1. The number of amides is 1. The molecule has 1 aromatic rings. The van der Waals surface area contributed by atoms with Crippen molar-refractivity contribution in [3.63, 3.8) is 0 Å². The van der Waals surface area contributed by atoms with E-state index in [1.807, 2.05) is 30.3 Å². The molecule has 1 aromatic carbocycles. The van der Waals surface area contributed by atoms with Crippen LogP contribution in [0.4, 0.5) is 0 Å². The minimum atomic E-state index is -1.01. The minimum absolute atomic E-state index is 0.125. The fraction of sp³-hybridized carbons (Fsp3) is 0.429. The van der Waals surface area contributed by atoms with Gasteiger partial charge in [-0.1, -0.05) is 30.3 Å². The van der Waals surface area contributed by atoms with E-state index in [2.05, 4.69) is 5.32 Å². The third-order valence-electron chi connectivity index (χ3n) is 2.47. The van der Waals surface area contributed by atoms with E-state index in [4.69, 9.17) is 10.5 Å². The molecule has 0 heterocycles. The Balaban J connectivity index is 2.37. The lowest BCUT2D eigenvalue weighted by molar-refractivity contribution is -0.128. The second-order valence-corrected chi connectivity index (χ2v) is 4.94. The van der Waals surface area contributed by atoms with E-state index in [-0.39, 0.29) is 12.5 Å². The monoisotopic (exact) mass is 264 g/mol. The summed E-state index contributed by atoms with van der Waals surface area (Å²) in [6.45, 7) is 3.68. The summed E-state index contributed by atoms with van der Waals surface area (Å²) in [6.07, 6.45) is 0.647. The SMILES string of the molecule is CC(C)(N)C(=O)N[C@@H](C=O)COCc1ccccc1. The maximum absolute atomic E-state index is 11.6. The van der Waals surface area contributed by atoms with Crippen molar-refractivity contribution in [1.82, 2.24) is 5.32 Å². The van der Waals surface area contributed by atoms with Gasteiger partial charge in [0.1, 0.15) is 12.3 Å². The zero-order valence-electron chi connectivity index (χ0n) is 11.3. The number of carbonyl (C=O) groups is 2. The molecule has 0 fully saturated rings. The maximum Gasteiger partial charge on any atom is 0.240 e. The number of rotatable bonds is 7. The van der Waals surface area contributed by atoms with Gasteiger partial charge in [0.05, 0.1) is 18.8 Å². The van der Waals surface area contributed by atoms with Crippen LogP contribution < -0.4 is 11.1 Å². The number of ether oxygens (including phenoxy) is 1. The van der Waals surface area contributed by atoms with E-state index in [1.54, 1.807) is 13.8 Å². The summed E-state index contributed by atoms with van der Waals surface area (Å²) in [7, 11) is 0. The van der Waals surface area contributed by atoms with Crippen molar-refractivity contribution >= 4 is 12.2 Å². The van der Waals surface area contributed by atoms with E-state index >= 15 is 0 Å². The van der Waals surface area contributed by atoms with Crippen molar-refractivity contribution in [2.45, 2.75) is 32.0 Å². The molecule has 0 unspecified atom stereocenters. The molecule has 0 saturated carbocycles. The van der Waals surface area contributed by atoms with Gasteiger partial charge in [0.2, 0.25) is 5.91 Å². The molecule has 0 bridgehead atoms. The molecule has 0 saturated heterocycles. The topological polar surface area (TPSA) is 81.4 Å². The Hall–Kier alpha value is -1.72. The van der Waals surface area contributed by atoms with Crippen LogP contribution in [0, 0.1) is 0 Å². The molecule has 1 amide bonds. The average Bonchev–Trinajstić information content (AvgIpc) is 2.37. The number of nitrogens with one attached hydrogen (secondary N) is 1. The summed E-state index contributed by atoms with van der Waals surface area (Å²) in [5.41, 5.74) is 5.63. The normalized spacial score (nSPS) is 12.8. The van der Waals surface area contributed by atoms with Crippen LogP contribution in [-0.4, -0.2) is 30.4 Å². The molecule has 19 heavy (non-hydrogen) atoms. The quantitative estimate of drug-likeness (QED) is 0.708. The molecular formula is C14H20N2O3. The second-order valence-electron chi connectivity index (χ2n) is 4.94. The van der Waals surface area contributed by atoms with E-state index in [1.165, 1.54) is 0 Å². The summed E-state index contributed by atoms with van der Waals surface area (Å²) < 4.78 is 5.40. The summed E-state index contributed by atoms with van der Waals surface area (Å²) in [6, 6.07) is 8.92. The van der Waals surface area contributed by atoms with E-state index < -0.39 is 11.6 Å². The molecule has 0 aliphatic rings. The summed E-state index contributed by atoms with van der Waals surface area (Å²) in [4.78, 5) is 22.5. The highest BCUT2D eigenvalue weighted by atomic mass is 16.5. The van der Waals surface area contributed by atoms with Crippen molar-refractivity contribution in [3.8, 4) is 0 Å². The predicted molar refractivity (Wildman–Crippen MR) is 72.4 cm³/mol. The van der Waals surface area contributed by atoms with E-state index in [0.717, 1.165) is 5.56 Å². The van der Waals surface area contributed by atoms with Crippen LogP contribution in [-0.2, 0) is 20.9 Å². The van der Waals surface area contributed by atoms with Gasteiger partial charge in [-0.3, -0.25) is 4.79 Å². The molecule has 0 aliphatic carbocycles. The highest BCUT2D eigenvalue weighted by Gasteiger charge is 2.24. The number of nitrogens with two attached hydrogens (primary N) is 1. The molecule has 104 valence electrons. The van der Waals surface area contributed by atoms with Crippen LogP contribution in [0.3, 0.4) is 0 Å². The second kappa shape index (κ2) is 7.01. The van der Waals surface area contributed by atoms with Gasteiger partial charge in [0.15, 0.2) is 0 Å². The summed E-state index contributed by atoms with van der Waals surface area (Å²) >= 11 is 0. The Labute approximate surface area is 113 Å². The van der Waals surface area contributed by atoms with Crippen molar-refractivity contribution in [2.24, 2.45) is 5.73 Å². The van der Waals surface area contributed by atoms with Crippen LogP contribution in [0.5, 0.6) is 0 Å². The van der Waals surface area contributed by atoms with Crippen LogP contribution in [0.2, 0.25) is 0 Å². The number of aldehydes is 1. The third kappa shape index (κ3) is 5.63. The highest BCUT2D eigenvalue weighted by Crippen LogP contribution is 2.01. The fourth-order valence-corrected chi connectivity index (χ4v) is 1.35. The standard InChI is InChI=1S/C14H20N2O3/c1-14(2,15)13(18)16-12(8-17)10-19-9-11-6-4-3-5-7-11/h3-8,12H,9-10,15H2,1-2H3,(H,16,18)/t12-/m0/s1. The molecule has 0 spiro atoms. The molecule has 0 aliphatic heterocycles. The Bertz CT molecular complexity index is 412. The van der Waals surface area contributed by atoms with Gasteiger partial charge < -0.3 is 20.6 Å². The van der Waals surface area contributed by atoms with Crippen molar-refractivity contribution in [1.29, 1.82) is 0 Å². The largest absolute Gasteiger partial charge is 0.374 e. The smallest absolute Gasteiger partial charge is 0.240 e. The van der Waals surface area contributed by atoms with Gasteiger partial charge in [-0.05, 0) is 19.4 Å². The average molecular weight is 264 g/mol. The molecule has 0 aromatic heterocycles. The van der Waals surface area contributed by atoms with Crippen LogP contribution in [0.15, 0.2) is 30.3 Å². The lowest BCUT2D eigenvalue weighted by Crippen LogP contribution is -2.53. The lowest BCUT2D eigenvalue weighted by atomic mass is 10.1. The van der Waals surface area contributed by atoms with Gasteiger partial charge in [0, 0.05) is 0 Å². The maximum atomic E-state index is 11.6. The molecule has 5 heteroatoms. The first-order valence-electron chi connectivity index (χ1n) is 6.10. The predicted octanol–water partition coefficient (Wildman–Crippen LogP) is 0.624. The van der Waals surface area contributed by atoms with Gasteiger partial charge in [-0.15, -0.1) is 0 Å². The van der Waals surface area contributed by atoms with Crippen molar-refractivity contribution in [3.05, 3.63) is 35.9 Å². The molecule has 0 radical (unpaired) electrons. The number of hydrogen-bond donors (Lipinski definition) is 2. The van der Waals surface area contributed by atoms with Gasteiger partial charge in [-0.25, -0.2) is 0 Å². The Kier molecular flexibility index (Phi) is 5.66. The first-order valence-corrected chi connectivity index (χ1v) is 6.10. The van der Waals surface area contributed by atoms with Gasteiger partial charge in [-0.2, -0.15) is 0 Å². The molecule has 3 N–H and O–H groups in total. The van der Waals surface area contributed by atoms with Crippen molar-refractivity contribution in [2.75, 3.05) is 6.61 Å². The molecule has 1 rings (SSSR count). The molecule has 1 atom stereocenters. The fourth-order valence-electron chi connectivity index (χ4n) is 1.35. The first kappa shape index (κ1) is 15.3. The summed E-state index contributed by atoms with van der Waals surface area (Å²) in [5, 5.41) is 2.54. The Morgan fingerprint density at radius 1 is 1.42 bits per heavy atom. The minimum Gasteiger partial charge on any atom is -0.374 e. The van der Waals surface area contributed by atoms with E-state index in [9.17, 15) is 9.59 Å². The summed E-state index contributed by atoms with van der Waals surface area (Å²) in [5.74, 6) is -0.382. The van der Waals surface area contributed by atoms with Crippen LogP contribution in [0.1, 0.15) is 19.4 Å². The zero-order valence-corrected chi connectivity index (χ0v) is 11.3. The zero-order chi connectivity index (χ0) is 14.3. The lowest BCUT2D eigenvalue weighted by Gasteiger charge is -2.21. The molecular weight excluding hydrogens is 244 g/mol. The van der Waals surface area contributed by atoms with E-state index in [0.29, 0.717) is 12.9 Å². The third-order valence-corrected chi connectivity index (χ3v) is 2.47.